The minimum Gasteiger partial charge on any atom is -0.469 e. The summed E-state index contributed by atoms with van der Waals surface area (Å²) in [5.41, 5.74) is 0. The fraction of sp³-hybridized carbons (Fsp3) is 0.467. The third-order valence-corrected chi connectivity index (χ3v) is 3.22. The molecule has 2 rings (SSSR count). The van der Waals surface area contributed by atoms with E-state index in [2.05, 4.69) is 25.2 Å². The maximum atomic E-state index is 5.51. The van der Waals surface area contributed by atoms with Gasteiger partial charge in [0, 0.05) is 5.92 Å². The van der Waals surface area contributed by atoms with E-state index in [1.54, 1.807) is 12.5 Å². The molecular weight excluding hydrogens is 226 g/mol. The van der Waals surface area contributed by atoms with Gasteiger partial charge in [0.25, 0.3) is 0 Å². The standard InChI is InChI=1S/C15H21NO2/c1-12(2)14(15-6-4-10-18-15)7-8-16-11-13-5-3-9-17-13/h3-6,9-10,12,14,16H,7-8,11H2,1-2H3/t14-/m0/s1. The second-order valence-corrected chi connectivity index (χ2v) is 4.91. The van der Waals surface area contributed by atoms with Crippen LogP contribution >= 0.6 is 0 Å². The molecule has 2 aromatic rings. The Morgan fingerprint density at radius 3 is 2.50 bits per heavy atom. The number of rotatable bonds is 7. The third kappa shape index (κ3) is 3.50. The highest BCUT2D eigenvalue weighted by atomic mass is 16.3. The van der Waals surface area contributed by atoms with Crippen molar-refractivity contribution in [3.8, 4) is 0 Å². The molecule has 0 amide bonds. The first-order valence-corrected chi connectivity index (χ1v) is 6.54. The summed E-state index contributed by atoms with van der Waals surface area (Å²) in [6, 6.07) is 7.93. The molecule has 3 nitrogen and oxygen atoms in total. The summed E-state index contributed by atoms with van der Waals surface area (Å²) in [5, 5.41) is 3.40. The minimum absolute atomic E-state index is 0.476. The molecule has 0 aliphatic rings. The van der Waals surface area contributed by atoms with Gasteiger partial charge in [-0.05, 0) is 43.1 Å². The van der Waals surface area contributed by atoms with Gasteiger partial charge in [-0.2, -0.15) is 0 Å². The number of nitrogens with one attached hydrogen (secondary N) is 1. The summed E-state index contributed by atoms with van der Waals surface area (Å²) in [7, 11) is 0. The molecule has 0 radical (unpaired) electrons. The molecule has 0 unspecified atom stereocenters. The van der Waals surface area contributed by atoms with Crippen LogP contribution in [0.3, 0.4) is 0 Å². The number of furan rings is 2. The van der Waals surface area contributed by atoms with E-state index < -0.39 is 0 Å². The average Bonchev–Trinajstić information content (AvgIpc) is 3.00. The van der Waals surface area contributed by atoms with Crippen LogP contribution in [0.5, 0.6) is 0 Å². The molecule has 1 N–H and O–H groups in total. The van der Waals surface area contributed by atoms with Crippen molar-refractivity contribution in [1.82, 2.24) is 5.32 Å². The summed E-state index contributed by atoms with van der Waals surface area (Å²) < 4.78 is 10.8. The largest absolute Gasteiger partial charge is 0.469 e. The van der Waals surface area contributed by atoms with Crippen molar-refractivity contribution >= 4 is 0 Å². The van der Waals surface area contributed by atoms with Crippen LogP contribution in [0.25, 0.3) is 0 Å². The van der Waals surface area contributed by atoms with Crippen LogP contribution in [0.4, 0.5) is 0 Å². The predicted octanol–water partition coefficient (Wildman–Crippen LogP) is 3.79. The average molecular weight is 247 g/mol. The first-order valence-electron chi connectivity index (χ1n) is 6.54. The van der Waals surface area contributed by atoms with Gasteiger partial charge in [0.2, 0.25) is 0 Å². The highest BCUT2D eigenvalue weighted by Gasteiger charge is 2.17. The zero-order valence-corrected chi connectivity index (χ0v) is 11.1. The van der Waals surface area contributed by atoms with Crippen molar-refractivity contribution in [1.29, 1.82) is 0 Å². The summed E-state index contributed by atoms with van der Waals surface area (Å²) in [4.78, 5) is 0. The van der Waals surface area contributed by atoms with Crippen molar-refractivity contribution in [2.24, 2.45) is 5.92 Å². The molecule has 2 aromatic heterocycles. The van der Waals surface area contributed by atoms with Gasteiger partial charge in [0.05, 0.1) is 19.1 Å². The zero-order valence-electron chi connectivity index (χ0n) is 11.1. The van der Waals surface area contributed by atoms with E-state index in [4.69, 9.17) is 8.83 Å². The lowest BCUT2D eigenvalue weighted by atomic mass is 9.90. The molecule has 0 saturated carbocycles. The van der Waals surface area contributed by atoms with Crippen LogP contribution in [-0.4, -0.2) is 6.54 Å². The predicted molar refractivity (Wildman–Crippen MR) is 71.3 cm³/mol. The molecule has 0 fully saturated rings. The van der Waals surface area contributed by atoms with Gasteiger partial charge in [-0.25, -0.2) is 0 Å². The van der Waals surface area contributed by atoms with E-state index >= 15 is 0 Å². The van der Waals surface area contributed by atoms with Crippen molar-refractivity contribution in [2.75, 3.05) is 6.54 Å². The van der Waals surface area contributed by atoms with Gasteiger partial charge >= 0.3 is 0 Å². The molecule has 0 aromatic carbocycles. The fourth-order valence-corrected chi connectivity index (χ4v) is 2.19. The molecular formula is C15H21NO2. The first kappa shape index (κ1) is 13.0. The molecule has 0 aliphatic carbocycles. The Hall–Kier alpha value is -1.48. The number of hydrogen-bond donors (Lipinski definition) is 1. The van der Waals surface area contributed by atoms with E-state index in [0.717, 1.165) is 31.0 Å². The monoisotopic (exact) mass is 247 g/mol. The lowest BCUT2D eigenvalue weighted by molar-refractivity contribution is 0.369. The third-order valence-electron chi connectivity index (χ3n) is 3.22. The smallest absolute Gasteiger partial charge is 0.117 e. The van der Waals surface area contributed by atoms with Gasteiger partial charge in [-0.3, -0.25) is 0 Å². The van der Waals surface area contributed by atoms with E-state index in [-0.39, 0.29) is 0 Å². The Morgan fingerprint density at radius 2 is 1.89 bits per heavy atom. The van der Waals surface area contributed by atoms with Crippen LogP contribution in [-0.2, 0) is 6.54 Å². The van der Waals surface area contributed by atoms with E-state index in [1.807, 2.05) is 18.2 Å². The lowest BCUT2D eigenvalue weighted by Gasteiger charge is -2.18. The molecule has 98 valence electrons. The van der Waals surface area contributed by atoms with Gasteiger partial charge in [0.15, 0.2) is 0 Å². The minimum atomic E-state index is 0.476. The van der Waals surface area contributed by atoms with Gasteiger partial charge in [0.1, 0.15) is 11.5 Å². The van der Waals surface area contributed by atoms with Gasteiger partial charge < -0.3 is 14.2 Å². The summed E-state index contributed by atoms with van der Waals surface area (Å²) >= 11 is 0. The van der Waals surface area contributed by atoms with Crippen LogP contribution < -0.4 is 5.32 Å². The highest BCUT2D eigenvalue weighted by Crippen LogP contribution is 2.27. The lowest BCUT2D eigenvalue weighted by Crippen LogP contribution is -2.18. The van der Waals surface area contributed by atoms with E-state index in [0.29, 0.717) is 11.8 Å². The van der Waals surface area contributed by atoms with Crippen molar-refractivity contribution in [2.45, 2.75) is 32.7 Å². The number of hydrogen-bond acceptors (Lipinski definition) is 3. The molecule has 0 aliphatic heterocycles. The molecule has 18 heavy (non-hydrogen) atoms. The van der Waals surface area contributed by atoms with E-state index in [1.165, 1.54) is 0 Å². The molecule has 0 bridgehead atoms. The van der Waals surface area contributed by atoms with Gasteiger partial charge in [-0.15, -0.1) is 0 Å². The molecule has 3 heteroatoms. The Kier molecular flexibility index (Phi) is 4.65. The van der Waals surface area contributed by atoms with E-state index in [9.17, 15) is 0 Å². The topological polar surface area (TPSA) is 38.3 Å². The first-order chi connectivity index (χ1) is 8.77. The van der Waals surface area contributed by atoms with Crippen LogP contribution in [0, 0.1) is 5.92 Å². The Labute approximate surface area is 108 Å². The maximum Gasteiger partial charge on any atom is 0.117 e. The quantitative estimate of drug-likeness (QED) is 0.756. The highest BCUT2D eigenvalue weighted by molar-refractivity contribution is 5.06. The second kappa shape index (κ2) is 6.45. The Balaban J connectivity index is 1.76. The molecule has 0 saturated heterocycles. The van der Waals surface area contributed by atoms with Gasteiger partial charge in [-0.1, -0.05) is 13.8 Å². The van der Waals surface area contributed by atoms with Crippen molar-refractivity contribution < 1.29 is 8.83 Å². The van der Waals surface area contributed by atoms with Crippen molar-refractivity contribution in [3.63, 3.8) is 0 Å². The molecule has 1 atom stereocenters. The normalized spacial score (nSPS) is 13.1. The van der Waals surface area contributed by atoms with Crippen molar-refractivity contribution in [3.05, 3.63) is 48.3 Å². The molecule has 2 heterocycles. The second-order valence-electron chi connectivity index (χ2n) is 4.91. The van der Waals surface area contributed by atoms with Crippen LogP contribution in [0.15, 0.2) is 45.6 Å². The van der Waals surface area contributed by atoms with Crippen LogP contribution in [0.1, 0.15) is 37.7 Å². The summed E-state index contributed by atoms with van der Waals surface area (Å²) in [6.07, 6.45) is 4.53. The molecule has 0 spiro atoms. The summed E-state index contributed by atoms with van der Waals surface area (Å²) in [5.74, 6) is 3.13. The maximum absolute atomic E-state index is 5.51. The van der Waals surface area contributed by atoms with Crippen LogP contribution in [0.2, 0.25) is 0 Å². The Bertz CT molecular complexity index is 417. The fourth-order valence-electron chi connectivity index (χ4n) is 2.19. The Morgan fingerprint density at radius 1 is 1.11 bits per heavy atom. The SMILES string of the molecule is CC(C)[C@H](CCNCc1ccco1)c1ccco1. The zero-order chi connectivity index (χ0) is 12.8. The summed E-state index contributed by atoms with van der Waals surface area (Å²) in [6.45, 7) is 6.22.